The van der Waals surface area contributed by atoms with E-state index in [2.05, 4.69) is 25.8 Å². The molecular formula is C13H19BrN2O. The fourth-order valence-electron chi connectivity index (χ4n) is 2.08. The number of aromatic nitrogens is 1. The summed E-state index contributed by atoms with van der Waals surface area (Å²) in [5, 5.41) is 0. The number of halogens is 1. The first kappa shape index (κ1) is 12.7. The minimum absolute atomic E-state index is 0.183. The molecule has 94 valence electrons. The third-order valence-electron chi connectivity index (χ3n) is 2.78. The molecule has 1 saturated heterocycles. The molecule has 1 atom stereocenters. The van der Waals surface area contributed by atoms with Crippen LogP contribution < -0.4 is 9.64 Å². The van der Waals surface area contributed by atoms with Gasteiger partial charge in [-0.2, -0.15) is 0 Å². The zero-order valence-corrected chi connectivity index (χ0v) is 12.0. The standard InChI is InChI=1S/C13H19BrN2O/c1-10(2)17-12-6-3-7-15-13(12)16-8-4-5-11(14)9-16/h3,6-7,10-11H,4-5,8-9H2,1-2H3. The second kappa shape index (κ2) is 5.71. The van der Waals surface area contributed by atoms with Gasteiger partial charge in [-0.3, -0.25) is 0 Å². The average molecular weight is 299 g/mol. The Balaban J connectivity index is 2.18. The molecule has 0 spiro atoms. The molecule has 2 heterocycles. The number of pyridine rings is 1. The summed E-state index contributed by atoms with van der Waals surface area (Å²) in [7, 11) is 0. The molecule has 0 aromatic carbocycles. The monoisotopic (exact) mass is 298 g/mol. The van der Waals surface area contributed by atoms with E-state index in [9.17, 15) is 0 Å². The number of piperidine rings is 1. The van der Waals surface area contributed by atoms with Crippen LogP contribution in [0.3, 0.4) is 0 Å². The van der Waals surface area contributed by atoms with Crippen molar-refractivity contribution in [3.63, 3.8) is 0 Å². The van der Waals surface area contributed by atoms with Crippen molar-refractivity contribution in [2.24, 2.45) is 0 Å². The summed E-state index contributed by atoms with van der Waals surface area (Å²) in [6.45, 7) is 6.15. The van der Waals surface area contributed by atoms with Gasteiger partial charge in [0.25, 0.3) is 0 Å². The largest absolute Gasteiger partial charge is 0.487 e. The molecule has 4 heteroatoms. The van der Waals surface area contributed by atoms with E-state index in [0.717, 1.165) is 24.7 Å². The smallest absolute Gasteiger partial charge is 0.171 e. The Hall–Kier alpha value is -0.770. The van der Waals surface area contributed by atoms with E-state index in [1.54, 1.807) is 0 Å². The summed E-state index contributed by atoms with van der Waals surface area (Å²) in [4.78, 5) is 7.34. The first-order chi connectivity index (χ1) is 8.16. The van der Waals surface area contributed by atoms with Crippen LogP contribution in [0.5, 0.6) is 5.75 Å². The lowest BCUT2D eigenvalue weighted by molar-refractivity contribution is 0.241. The highest BCUT2D eigenvalue weighted by Crippen LogP contribution is 2.29. The Morgan fingerprint density at radius 1 is 1.53 bits per heavy atom. The number of anilines is 1. The number of ether oxygens (including phenoxy) is 1. The van der Waals surface area contributed by atoms with Crippen LogP contribution >= 0.6 is 15.9 Å². The molecule has 0 N–H and O–H groups in total. The van der Waals surface area contributed by atoms with Crippen molar-refractivity contribution in [1.29, 1.82) is 0 Å². The fraction of sp³-hybridized carbons (Fsp3) is 0.615. The van der Waals surface area contributed by atoms with Gasteiger partial charge in [-0.05, 0) is 38.8 Å². The van der Waals surface area contributed by atoms with Crippen molar-refractivity contribution in [2.75, 3.05) is 18.0 Å². The van der Waals surface area contributed by atoms with Crippen molar-refractivity contribution in [1.82, 2.24) is 4.98 Å². The van der Waals surface area contributed by atoms with Gasteiger partial charge in [0.2, 0.25) is 0 Å². The van der Waals surface area contributed by atoms with Gasteiger partial charge < -0.3 is 9.64 Å². The molecular weight excluding hydrogens is 280 g/mol. The minimum Gasteiger partial charge on any atom is -0.487 e. The molecule has 0 aliphatic carbocycles. The molecule has 17 heavy (non-hydrogen) atoms. The lowest BCUT2D eigenvalue weighted by Crippen LogP contribution is -2.36. The fourth-order valence-corrected chi connectivity index (χ4v) is 2.76. The van der Waals surface area contributed by atoms with E-state index < -0.39 is 0 Å². The van der Waals surface area contributed by atoms with E-state index >= 15 is 0 Å². The zero-order chi connectivity index (χ0) is 12.3. The van der Waals surface area contributed by atoms with Gasteiger partial charge in [-0.15, -0.1) is 0 Å². The summed E-state index contributed by atoms with van der Waals surface area (Å²) in [5.41, 5.74) is 0. The van der Waals surface area contributed by atoms with E-state index in [0.29, 0.717) is 4.83 Å². The van der Waals surface area contributed by atoms with E-state index in [1.165, 1.54) is 12.8 Å². The highest BCUT2D eigenvalue weighted by molar-refractivity contribution is 9.09. The maximum atomic E-state index is 5.81. The maximum absolute atomic E-state index is 5.81. The highest BCUT2D eigenvalue weighted by atomic mass is 79.9. The van der Waals surface area contributed by atoms with Crippen molar-refractivity contribution >= 4 is 21.7 Å². The van der Waals surface area contributed by atoms with Crippen LogP contribution in [0.1, 0.15) is 26.7 Å². The number of hydrogen-bond acceptors (Lipinski definition) is 3. The van der Waals surface area contributed by atoms with Crippen LogP contribution in [0.4, 0.5) is 5.82 Å². The topological polar surface area (TPSA) is 25.4 Å². The molecule has 1 unspecified atom stereocenters. The molecule has 0 bridgehead atoms. The van der Waals surface area contributed by atoms with E-state index in [4.69, 9.17) is 4.74 Å². The van der Waals surface area contributed by atoms with Gasteiger partial charge in [-0.1, -0.05) is 15.9 Å². The van der Waals surface area contributed by atoms with Crippen LogP contribution in [0, 0.1) is 0 Å². The highest BCUT2D eigenvalue weighted by Gasteiger charge is 2.21. The lowest BCUT2D eigenvalue weighted by Gasteiger charge is -2.32. The number of hydrogen-bond donors (Lipinski definition) is 0. The third kappa shape index (κ3) is 3.35. The Labute approximate surface area is 111 Å². The molecule has 0 radical (unpaired) electrons. The van der Waals surface area contributed by atoms with Gasteiger partial charge >= 0.3 is 0 Å². The van der Waals surface area contributed by atoms with Gasteiger partial charge in [0, 0.05) is 24.1 Å². The van der Waals surface area contributed by atoms with E-state index in [1.807, 2.05) is 32.2 Å². The minimum atomic E-state index is 0.183. The lowest BCUT2D eigenvalue weighted by atomic mass is 10.1. The predicted molar refractivity (Wildman–Crippen MR) is 74.2 cm³/mol. The SMILES string of the molecule is CC(C)Oc1cccnc1N1CCCC(Br)C1. The summed E-state index contributed by atoms with van der Waals surface area (Å²) in [6.07, 6.45) is 4.46. The van der Waals surface area contributed by atoms with Crippen LogP contribution in [-0.4, -0.2) is 29.0 Å². The molecule has 2 rings (SSSR count). The van der Waals surface area contributed by atoms with Crippen molar-refractivity contribution in [2.45, 2.75) is 37.6 Å². The Kier molecular flexibility index (Phi) is 4.26. The number of nitrogens with zero attached hydrogens (tertiary/aromatic N) is 2. The Morgan fingerprint density at radius 3 is 3.06 bits per heavy atom. The first-order valence-corrected chi connectivity index (χ1v) is 7.09. The molecule has 1 aliphatic heterocycles. The molecule has 1 aromatic heterocycles. The number of rotatable bonds is 3. The maximum Gasteiger partial charge on any atom is 0.171 e. The van der Waals surface area contributed by atoms with Crippen LogP contribution in [0.2, 0.25) is 0 Å². The summed E-state index contributed by atoms with van der Waals surface area (Å²) in [6, 6.07) is 3.93. The van der Waals surface area contributed by atoms with Crippen molar-refractivity contribution in [3.8, 4) is 5.75 Å². The van der Waals surface area contributed by atoms with Crippen LogP contribution in [0.15, 0.2) is 18.3 Å². The average Bonchev–Trinajstić information content (AvgIpc) is 2.29. The van der Waals surface area contributed by atoms with Crippen molar-refractivity contribution in [3.05, 3.63) is 18.3 Å². The summed E-state index contributed by atoms with van der Waals surface area (Å²) in [5.74, 6) is 1.87. The Bertz CT molecular complexity index is 370. The zero-order valence-electron chi connectivity index (χ0n) is 10.4. The molecule has 1 fully saturated rings. The quantitative estimate of drug-likeness (QED) is 0.801. The normalized spacial score (nSPS) is 20.7. The van der Waals surface area contributed by atoms with E-state index in [-0.39, 0.29) is 6.10 Å². The van der Waals surface area contributed by atoms with Gasteiger partial charge in [-0.25, -0.2) is 4.98 Å². The van der Waals surface area contributed by atoms with Crippen LogP contribution in [0.25, 0.3) is 0 Å². The molecule has 0 amide bonds. The van der Waals surface area contributed by atoms with Gasteiger partial charge in [0.05, 0.1) is 6.10 Å². The summed E-state index contributed by atoms with van der Waals surface area (Å²) < 4.78 is 5.81. The molecule has 3 nitrogen and oxygen atoms in total. The van der Waals surface area contributed by atoms with Gasteiger partial charge in [0.1, 0.15) is 0 Å². The molecule has 1 aromatic rings. The third-order valence-corrected chi connectivity index (χ3v) is 3.52. The Morgan fingerprint density at radius 2 is 2.35 bits per heavy atom. The van der Waals surface area contributed by atoms with Crippen molar-refractivity contribution < 1.29 is 4.74 Å². The second-order valence-electron chi connectivity index (χ2n) is 4.68. The van der Waals surface area contributed by atoms with Crippen LogP contribution in [-0.2, 0) is 0 Å². The van der Waals surface area contributed by atoms with Gasteiger partial charge in [0.15, 0.2) is 11.6 Å². The first-order valence-electron chi connectivity index (χ1n) is 6.17. The molecule has 0 saturated carbocycles. The number of alkyl halides is 1. The molecule has 1 aliphatic rings. The predicted octanol–water partition coefficient (Wildman–Crippen LogP) is 3.23. The second-order valence-corrected chi connectivity index (χ2v) is 5.97. The summed E-state index contributed by atoms with van der Waals surface area (Å²) >= 11 is 3.69.